The van der Waals surface area contributed by atoms with Crippen molar-refractivity contribution in [2.24, 2.45) is 0 Å². The van der Waals surface area contributed by atoms with Crippen LogP contribution in [0.4, 0.5) is 15.4 Å². The van der Waals surface area contributed by atoms with Crippen LogP contribution in [0.1, 0.15) is 11.1 Å². The first-order chi connectivity index (χ1) is 14.4. The molecule has 0 radical (unpaired) electrons. The van der Waals surface area contributed by atoms with Gasteiger partial charge in [0.15, 0.2) is 0 Å². The first-order valence-electron chi connectivity index (χ1n) is 8.39. The summed E-state index contributed by atoms with van der Waals surface area (Å²) in [6.07, 6.45) is -1.44. The molecule has 2 rings (SSSR count). The number of benzene rings is 1. The second-order valence-electron chi connectivity index (χ2n) is 5.50. The van der Waals surface area contributed by atoms with Gasteiger partial charge in [0.1, 0.15) is 34.3 Å². The fourth-order valence-corrected chi connectivity index (χ4v) is 3.24. The quantitative estimate of drug-likeness (QED) is 0.303. The largest absolute Gasteiger partial charge is 0.513 e. The zero-order chi connectivity index (χ0) is 22.1. The predicted octanol–water partition coefficient (Wildman–Crippen LogP) is 2.67. The third-order valence-electron chi connectivity index (χ3n) is 3.72. The van der Waals surface area contributed by atoms with E-state index in [4.69, 9.17) is 10.5 Å². The van der Waals surface area contributed by atoms with Crippen molar-refractivity contribution in [1.29, 1.82) is 10.5 Å². The van der Waals surface area contributed by atoms with Crippen LogP contribution in [0.3, 0.4) is 0 Å². The second-order valence-corrected chi connectivity index (χ2v) is 6.58. The minimum absolute atomic E-state index is 0.0233. The van der Waals surface area contributed by atoms with Gasteiger partial charge in [0.05, 0.1) is 19.8 Å². The molecule has 0 atom stereocenters. The third-order valence-corrected chi connectivity index (χ3v) is 4.70. The van der Waals surface area contributed by atoms with E-state index in [1.54, 1.807) is 12.1 Å². The average Bonchev–Trinajstić information content (AvgIpc) is 2.76. The number of alkyl carbamates (subject to hydrolysis) is 1. The summed E-state index contributed by atoms with van der Waals surface area (Å²) in [7, 11) is 2.45. The molecule has 11 heteroatoms. The molecule has 3 N–H and O–H groups in total. The number of rotatable bonds is 6. The maximum atomic E-state index is 11.2. The Morgan fingerprint density at radius 3 is 2.37 bits per heavy atom. The Morgan fingerprint density at radius 2 is 1.80 bits per heavy atom. The van der Waals surface area contributed by atoms with Gasteiger partial charge in [-0.2, -0.15) is 10.5 Å². The number of thioether (sulfide) groups is 1. The number of aromatic nitrogens is 1. The molecule has 1 aromatic heterocycles. The monoisotopic (exact) mass is 427 g/mol. The van der Waals surface area contributed by atoms with E-state index in [0.717, 1.165) is 0 Å². The number of nitrogen functional groups attached to an aromatic ring is 1. The van der Waals surface area contributed by atoms with Crippen LogP contribution in [0.5, 0.6) is 5.75 Å². The van der Waals surface area contributed by atoms with Crippen LogP contribution in [0, 0.1) is 22.7 Å². The Bertz CT molecular complexity index is 1030. The number of nitrogens with one attached hydrogen (secondary N) is 1. The molecule has 0 saturated heterocycles. The van der Waals surface area contributed by atoms with E-state index in [-0.39, 0.29) is 29.2 Å². The molecular weight excluding hydrogens is 410 g/mol. The van der Waals surface area contributed by atoms with Crippen LogP contribution < -0.4 is 15.8 Å². The number of hydrogen-bond acceptors (Lipinski definition) is 10. The molecular formula is C19H17N5O5S. The Labute approximate surface area is 176 Å². The molecule has 1 aromatic carbocycles. The number of pyridine rings is 1. The number of carbonyl (C=O) groups excluding carboxylic acids is 2. The summed E-state index contributed by atoms with van der Waals surface area (Å²) in [5.74, 6) is 0.603. The van der Waals surface area contributed by atoms with E-state index in [1.807, 2.05) is 6.07 Å². The van der Waals surface area contributed by atoms with Crippen LogP contribution in [-0.2, 0) is 9.47 Å². The number of nitrogens with two attached hydrogens (primary N) is 1. The van der Waals surface area contributed by atoms with Gasteiger partial charge >= 0.3 is 12.2 Å². The minimum Gasteiger partial charge on any atom is -0.453 e. The molecule has 0 saturated carbocycles. The van der Waals surface area contributed by atoms with Crippen LogP contribution >= 0.6 is 11.8 Å². The van der Waals surface area contributed by atoms with E-state index in [2.05, 4.69) is 25.8 Å². The molecule has 0 aliphatic carbocycles. The highest BCUT2D eigenvalue weighted by molar-refractivity contribution is 7.99. The Morgan fingerprint density at radius 1 is 1.13 bits per heavy atom. The van der Waals surface area contributed by atoms with Crippen molar-refractivity contribution >= 4 is 29.8 Å². The smallest absolute Gasteiger partial charge is 0.453 e. The molecule has 154 valence electrons. The molecule has 0 aliphatic heterocycles. The lowest BCUT2D eigenvalue weighted by molar-refractivity contribution is 0.121. The lowest BCUT2D eigenvalue weighted by Gasteiger charge is -2.13. The molecule has 1 amide bonds. The molecule has 0 bridgehead atoms. The van der Waals surface area contributed by atoms with Crippen LogP contribution in [0.2, 0.25) is 0 Å². The molecule has 1 heterocycles. The lowest BCUT2D eigenvalue weighted by Crippen LogP contribution is -2.25. The number of ether oxygens (including phenoxy) is 3. The number of hydrogen-bond donors (Lipinski definition) is 2. The van der Waals surface area contributed by atoms with Crippen LogP contribution in [-0.4, -0.2) is 43.7 Å². The fraction of sp³-hybridized carbons (Fsp3) is 0.211. The normalized spacial score (nSPS) is 9.73. The summed E-state index contributed by atoms with van der Waals surface area (Å²) in [5.41, 5.74) is 7.02. The summed E-state index contributed by atoms with van der Waals surface area (Å²) in [4.78, 5) is 26.5. The number of carbonyl (C=O) groups is 2. The summed E-state index contributed by atoms with van der Waals surface area (Å²) in [5, 5.41) is 22.1. The summed E-state index contributed by atoms with van der Waals surface area (Å²) >= 11 is 1.20. The van der Waals surface area contributed by atoms with Gasteiger partial charge in [-0.15, -0.1) is 11.8 Å². The maximum Gasteiger partial charge on any atom is 0.513 e. The van der Waals surface area contributed by atoms with E-state index in [0.29, 0.717) is 21.9 Å². The van der Waals surface area contributed by atoms with Crippen molar-refractivity contribution in [3.63, 3.8) is 0 Å². The minimum atomic E-state index is -0.870. The van der Waals surface area contributed by atoms with Gasteiger partial charge in [-0.3, -0.25) is 0 Å². The Balaban J connectivity index is 2.39. The van der Waals surface area contributed by atoms with Gasteiger partial charge in [0.2, 0.25) is 0 Å². The maximum absolute atomic E-state index is 11.2. The summed E-state index contributed by atoms with van der Waals surface area (Å²) in [6.45, 7) is 0.276. The molecule has 2 aromatic rings. The number of nitrogens with zero attached hydrogens (tertiary/aromatic N) is 3. The van der Waals surface area contributed by atoms with Crippen molar-refractivity contribution in [2.45, 2.75) is 5.03 Å². The van der Waals surface area contributed by atoms with E-state index >= 15 is 0 Å². The molecule has 0 spiro atoms. The van der Waals surface area contributed by atoms with E-state index < -0.39 is 12.2 Å². The lowest BCUT2D eigenvalue weighted by atomic mass is 9.97. The number of amides is 1. The molecule has 0 fully saturated rings. The van der Waals surface area contributed by atoms with Crippen molar-refractivity contribution < 1.29 is 23.8 Å². The number of nitriles is 2. The van der Waals surface area contributed by atoms with Crippen molar-refractivity contribution in [3.05, 3.63) is 35.4 Å². The molecule has 30 heavy (non-hydrogen) atoms. The van der Waals surface area contributed by atoms with Crippen molar-refractivity contribution in [1.82, 2.24) is 10.3 Å². The highest BCUT2D eigenvalue weighted by atomic mass is 32.2. The highest BCUT2D eigenvalue weighted by Gasteiger charge is 2.20. The summed E-state index contributed by atoms with van der Waals surface area (Å²) < 4.78 is 13.9. The van der Waals surface area contributed by atoms with Gasteiger partial charge in [-0.25, -0.2) is 14.6 Å². The second kappa shape index (κ2) is 10.5. The van der Waals surface area contributed by atoms with Gasteiger partial charge in [-0.05, 0) is 17.7 Å². The molecule has 0 aliphatic rings. The van der Waals surface area contributed by atoms with E-state index in [9.17, 15) is 20.1 Å². The van der Waals surface area contributed by atoms with Crippen LogP contribution in [0.15, 0.2) is 29.3 Å². The zero-order valence-corrected chi connectivity index (χ0v) is 16.9. The Hall–Kier alpha value is -3.96. The van der Waals surface area contributed by atoms with Crippen LogP contribution in [0.25, 0.3) is 11.1 Å². The van der Waals surface area contributed by atoms with Crippen molar-refractivity contribution in [2.75, 3.05) is 32.3 Å². The van der Waals surface area contributed by atoms with E-state index in [1.165, 1.54) is 38.1 Å². The SMILES string of the molecule is COC(=O)NCCSc1nc(N)c(C#N)c(-c2ccc(OC(=O)OC)cc2)c1C#N. The predicted molar refractivity (Wildman–Crippen MR) is 108 cm³/mol. The van der Waals surface area contributed by atoms with Gasteiger partial charge < -0.3 is 25.3 Å². The first kappa shape index (κ1) is 22.3. The molecule has 0 unspecified atom stereocenters. The Kier molecular flexibility index (Phi) is 7.85. The third kappa shape index (κ3) is 5.31. The zero-order valence-electron chi connectivity index (χ0n) is 16.1. The number of anilines is 1. The fourth-order valence-electron chi connectivity index (χ4n) is 2.39. The standard InChI is InChI=1S/C19H17N5O5S/c1-27-18(25)23-7-8-30-17-14(10-21)15(13(9-20)16(22)24-17)11-3-5-12(6-4-11)29-19(26)28-2/h3-6H,7-8H2,1-2H3,(H2,22,24)(H,23,25). The summed E-state index contributed by atoms with van der Waals surface area (Å²) in [6, 6.07) is 10.2. The van der Waals surface area contributed by atoms with Gasteiger partial charge in [0, 0.05) is 17.9 Å². The highest BCUT2D eigenvalue weighted by Crippen LogP contribution is 2.36. The van der Waals surface area contributed by atoms with Gasteiger partial charge in [0.25, 0.3) is 0 Å². The first-order valence-corrected chi connectivity index (χ1v) is 9.38. The molecule has 10 nitrogen and oxygen atoms in total. The number of methoxy groups -OCH3 is 2. The van der Waals surface area contributed by atoms with Crippen molar-refractivity contribution in [3.8, 4) is 29.0 Å². The van der Waals surface area contributed by atoms with Gasteiger partial charge in [-0.1, -0.05) is 12.1 Å². The average molecular weight is 427 g/mol. The topological polar surface area (TPSA) is 160 Å².